The molecule has 1 aromatic rings. The molecule has 1 heterocycles. The zero-order valence-corrected chi connectivity index (χ0v) is 15.5. The van der Waals surface area contributed by atoms with Gasteiger partial charge in [-0.1, -0.05) is 23.8 Å². The summed E-state index contributed by atoms with van der Waals surface area (Å²) in [6, 6.07) is 2.52. The van der Waals surface area contributed by atoms with Crippen LogP contribution in [0, 0.1) is 0 Å². The lowest BCUT2D eigenvalue weighted by Gasteiger charge is -2.34. The largest absolute Gasteiger partial charge is 0.481 e. The van der Waals surface area contributed by atoms with E-state index in [1.165, 1.54) is 19.2 Å². The number of benzene rings is 1. The van der Waals surface area contributed by atoms with Gasteiger partial charge in [-0.25, -0.2) is 4.79 Å². The Morgan fingerprint density at radius 1 is 1.32 bits per heavy atom. The maximum Gasteiger partial charge on any atom is 0.430 e. The van der Waals surface area contributed by atoms with Crippen LogP contribution in [0.25, 0.3) is 6.08 Å². The van der Waals surface area contributed by atoms with Crippen LogP contribution >= 0.6 is 11.6 Å². The van der Waals surface area contributed by atoms with Gasteiger partial charge >= 0.3 is 12.1 Å². The van der Waals surface area contributed by atoms with Crippen molar-refractivity contribution < 1.29 is 37.3 Å². The third-order valence-corrected chi connectivity index (χ3v) is 4.83. The number of rotatable bonds is 4. The molecule has 9 heteroatoms. The summed E-state index contributed by atoms with van der Waals surface area (Å²) in [7, 11) is 1.50. The summed E-state index contributed by atoms with van der Waals surface area (Å²) in [5.74, 6) is -1.82. The number of ether oxygens (including phenoxy) is 3. The molecule has 1 aliphatic carbocycles. The molecule has 28 heavy (non-hydrogen) atoms. The lowest BCUT2D eigenvalue weighted by Crippen LogP contribution is -2.43. The van der Waals surface area contributed by atoms with Gasteiger partial charge < -0.3 is 19.3 Å². The van der Waals surface area contributed by atoms with Gasteiger partial charge in [-0.2, -0.15) is 13.2 Å². The molecule has 0 radical (unpaired) electrons. The summed E-state index contributed by atoms with van der Waals surface area (Å²) < 4.78 is 56.0. The smallest absolute Gasteiger partial charge is 0.430 e. The van der Waals surface area contributed by atoms with Gasteiger partial charge in [0.1, 0.15) is 23.2 Å². The Bertz CT molecular complexity index is 890. The number of alkyl halides is 3. The van der Waals surface area contributed by atoms with Crippen LogP contribution in [0.2, 0.25) is 5.02 Å². The van der Waals surface area contributed by atoms with Gasteiger partial charge in [-0.15, -0.1) is 0 Å². The number of carboxylic acids is 1. The van der Waals surface area contributed by atoms with Crippen LogP contribution in [0.5, 0.6) is 11.5 Å². The van der Waals surface area contributed by atoms with E-state index in [0.29, 0.717) is 0 Å². The molecule has 3 atom stereocenters. The Hall–Kier alpha value is -2.45. The lowest BCUT2D eigenvalue weighted by atomic mass is 9.94. The minimum atomic E-state index is -4.89. The molecule has 0 aromatic heterocycles. The Kier molecular flexibility index (Phi) is 5.20. The summed E-state index contributed by atoms with van der Waals surface area (Å²) in [5.41, 5.74) is -1.61. The fourth-order valence-corrected chi connectivity index (χ4v) is 3.10. The zero-order chi connectivity index (χ0) is 20.7. The fraction of sp³-hybridized carbons (Fsp3) is 0.316. The number of aliphatic carboxylic acids is 1. The fourth-order valence-electron chi connectivity index (χ4n) is 2.88. The lowest BCUT2D eigenvalue weighted by molar-refractivity contribution is -0.187. The number of allylic oxidation sites excluding steroid dienone is 2. The number of methoxy groups -OCH3 is 1. The topological polar surface area (TPSA) is 65.0 Å². The second-order valence-corrected chi connectivity index (χ2v) is 6.84. The highest BCUT2D eigenvalue weighted by atomic mass is 35.5. The SMILES string of the molecule is COC1(C)C=CC=CC1Oc1cc2c(cc1Cl)C=C(C(=O)O)C(C(F)(F)F)O2. The van der Waals surface area contributed by atoms with Gasteiger partial charge in [0.15, 0.2) is 0 Å². The molecule has 0 saturated heterocycles. The highest BCUT2D eigenvalue weighted by molar-refractivity contribution is 6.32. The number of fused-ring (bicyclic) bond motifs is 1. The molecule has 3 rings (SSSR count). The molecular formula is C19H16ClF3O5. The molecule has 1 aliphatic heterocycles. The van der Waals surface area contributed by atoms with Gasteiger partial charge in [-0.05, 0) is 31.2 Å². The standard InChI is InChI=1S/C19H16ClF3O5/c1-18(26-2)6-4-3-5-15(18)27-14-9-13-10(8-12(14)20)7-11(17(24)25)16(28-13)19(21,22)23/h3-9,15-16H,1-2H3,(H,24,25). The molecule has 0 saturated carbocycles. The normalized spacial score (nSPS) is 26.3. The van der Waals surface area contributed by atoms with Crippen LogP contribution in [0.3, 0.4) is 0 Å². The summed E-state index contributed by atoms with van der Waals surface area (Å²) in [6.45, 7) is 1.78. The number of carboxylic acid groups (broad SMARTS) is 1. The first kappa shape index (κ1) is 20.3. The zero-order valence-electron chi connectivity index (χ0n) is 14.8. The molecule has 150 valence electrons. The molecule has 1 N–H and O–H groups in total. The van der Waals surface area contributed by atoms with Gasteiger partial charge in [0.2, 0.25) is 6.10 Å². The van der Waals surface area contributed by atoms with E-state index in [4.69, 9.17) is 30.9 Å². The van der Waals surface area contributed by atoms with Crippen LogP contribution in [0.15, 0.2) is 42.0 Å². The Morgan fingerprint density at radius 3 is 2.64 bits per heavy atom. The second kappa shape index (κ2) is 7.18. The highest BCUT2D eigenvalue weighted by Gasteiger charge is 2.48. The molecule has 0 bridgehead atoms. The van der Waals surface area contributed by atoms with Crippen molar-refractivity contribution in [2.75, 3.05) is 7.11 Å². The van der Waals surface area contributed by atoms with E-state index in [1.54, 1.807) is 31.2 Å². The first-order chi connectivity index (χ1) is 13.0. The summed E-state index contributed by atoms with van der Waals surface area (Å²) in [6.07, 6.45) is -0.143. The predicted octanol–water partition coefficient (Wildman–Crippen LogP) is 4.41. The van der Waals surface area contributed by atoms with Crippen molar-refractivity contribution >= 4 is 23.6 Å². The summed E-state index contributed by atoms with van der Waals surface area (Å²) in [5, 5.41) is 9.18. The maximum absolute atomic E-state index is 13.2. The minimum Gasteiger partial charge on any atom is -0.481 e. The van der Waals surface area contributed by atoms with Crippen LogP contribution in [-0.2, 0) is 9.53 Å². The van der Waals surface area contributed by atoms with E-state index in [1.807, 2.05) is 0 Å². The van der Waals surface area contributed by atoms with E-state index in [-0.39, 0.29) is 22.1 Å². The average Bonchev–Trinajstić information content (AvgIpc) is 2.62. The predicted molar refractivity (Wildman–Crippen MR) is 95.6 cm³/mol. The van der Waals surface area contributed by atoms with Crippen molar-refractivity contribution in [1.82, 2.24) is 0 Å². The van der Waals surface area contributed by atoms with Crippen LogP contribution < -0.4 is 9.47 Å². The average molecular weight is 417 g/mol. The van der Waals surface area contributed by atoms with Crippen molar-refractivity contribution in [1.29, 1.82) is 0 Å². The number of halogens is 4. The molecule has 2 aliphatic rings. The van der Waals surface area contributed by atoms with Gasteiger partial charge in [0, 0.05) is 18.7 Å². The third-order valence-electron chi connectivity index (χ3n) is 4.53. The van der Waals surface area contributed by atoms with E-state index in [9.17, 15) is 18.0 Å². The Labute approximate surface area is 163 Å². The van der Waals surface area contributed by atoms with Gasteiger partial charge in [-0.3, -0.25) is 0 Å². The third kappa shape index (κ3) is 3.74. The molecule has 0 spiro atoms. The van der Waals surface area contributed by atoms with Crippen molar-refractivity contribution in [3.05, 3.63) is 52.6 Å². The van der Waals surface area contributed by atoms with Gasteiger partial charge in [0.05, 0.1) is 10.6 Å². The first-order valence-corrected chi connectivity index (χ1v) is 8.52. The van der Waals surface area contributed by atoms with Crippen LogP contribution in [-0.4, -0.2) is 42.2 Å². The Balaban J connectivity index is 1.98. The highest BCUT2D eigenvalue weighted by Crippen LogP contribution is 2.42. The quantitative estimate of drug-likeness (QED) is 0.787. The molecule has 1 aromatic carbocycles. The number of carbonyl (C=O) groups is 1. The second-order valence-electron chi connectivity index (χ2n) is 6.44. The minimum absolute atomic E-state index is 0.0849. The van der Waals surface area contributed by atoms with E-state index in [0.717, 1.165) is 6.08 Å². The van der Waals surface area contributed by atoms with E-state index < -0.39 is 35.5 Å². The Morgan fingerprint density at radius 2 is 2.04 bits per heavy atom. The van der Waals surface area contributed by atoms with Crippen molar-refractivity contribution in [3.8, 4) is 11.5 Å². The molecule has 5 nitrogen and oxygen atoms in total. The molecular weight excluding hydrogens is 401 g/mol. The molecule has 0 fully saturated rings. The van der Waals surface area contributed by atoms with E-state index >= 15 is 0 Å². The number of hydrogen-bond donors (Lipinski definition) is 1. The van der Waals surface area contributed by atoms with E-state index in [2.05, 4.69) is 0 Å². The van der Waals surface area contributed by atoms with Gasteiger partial charge in [0.25, 0.3) is 0 Å². The summed E-state index contributed by atoms with van der Waals surface area (Å²) in [4.78, 5) is 11.2. The van der Waals surface area contributed by atoms with Crippen LogP contribution in [0.1, 0.15) is 12.5 Å². The molecule has 0 amide bonds. The molecule has 3 unspecified atom stereocenters. The van der Waals surface area contributed by atoms with Crippen molar-refractivity contribution in [2.24, 2.45) is 0 Å². The number of hydrogen-bond acceptors (Lipinski definition) is 4. The van der Waals surface area contributed by atoms with Crippen LogP contribution in [0.4, 0.5) is 13.2 Å². The first-order valence-electron chi connectivity index (χ1n) is 8.15. The maximum atomic E-state index is 13.2. The van der Waals surface area contributed by atoms with Crippen molar-refractivity contribution in [2.45, 2.75) is 30.9 Å². The monoisotopic (exact) mass is 416 g/mol. The summed E-state index contributed by atoms with van der Waals surface area (Å²) >= 11 is 6.21. The van der Waals surface area contributed by atoms with Crippen molar-refractivity contribution in [3.63, 3.8) is 0 Å².